The molecule has 2 heterocycles. The molecule has 112 valence electrons. The van der Waals surface area contributed by atoms with Crippen LogP contribution in [0.2, 0.25) is 0 Å². The fraction of sp³-hybridized carbons (Fsp3) is 0.562. The minimum Gasteiger partial charge on any atom is -0.480 e. The molecule has 0 spiro atoms. The lowest BCUT2D eigenvalue weighted by Gasteiger charge is -2.28. The van der Waals surface area contributed by atoms with Gasteiger partial charge in [0.15, 0.2) is 11.5 Å². The third kappa shape index (κ3) is 2.25. The van der Waals surface area contributed by atoms with Crippen molar-refractivity contribution in [1.29, 1.82) is 0 Å². The van der Waals surface area contributed by atoms with E-state index < -0.39 is 5.97 Å². The number of fused-ring (bicyclic) bond motifs is 1. The standard InChI is InChI=1S/C16H19NO4/c18-16(19)13-7-6-12(10-4-5-10)17(13)8-11-2-1-3-14-15(11)21-9-20-14/h1-3,10,12-13H,4-9H2,(H,18,19)/t12-,13-/m0/s1. The van der Waals surface area contributed by atoms with E-state index in [-0.39, 0.29) is 12.8 Å². The Morgan fingerprint density at radius 2 is 2.10 bits per heavy atom. The Morgan fingerprint density at radius 1 is 1.24 bits per heavy atom. The summed E-state index contributed by atoms with van der Waals surface area (Å²) in [5.74, 6) is 1.52. The number of ether oxygens (including phenoxy) is 2. The first-order chi connectivity index (χ1) is 10.2. The Kier molecular flexibility index (Phi) is 3.03. The maximum Gasteiger partial charge on any atom is 0.320 e. The molecule has 3 aliphatic rings. The van der Waals surface area contributed by atoms with Crippen molar-refractivity contribution < 1.29 is 19.4 Å². The van der Waals surface area contributed by atoms with E-state index in [1.54, 1.807) is 0 Å². The van der Waals surface area contributed by atoms with Crippen LogP contribution in [0.25, 0.3) is 0 Å². The van der Waals surface area contributed by atoms with Crippen molar-refractivity contribution in [3.63, 3.8) is 0 Å². The highest BCUT2D eigenvalue weighted by Gasteiger charge is 2.45. The monoisotopic (exact) mass is 289 g/mol. The van der Waals surface area contributed by atoms with E-state index in [9.17, 15) is 9.90 Å². The van der Waals surface area contributed by atoms with Crippen LogP contribution in [0, 0.1) is 5.92 Å². The number of carbonyl (C=O) groups is 1. The van der Waals surface area contributed by atoms with Crippen LogP contribution >= 0.6 is 0 Å². The average molecular weight is 289 g/mol. The topological polar surface area (TPSA) is 59.0 Å². The van der Waals surface area contributed by atoms with Crippen LogP contribution in [0.4, 0.5) is 0 Å². The van der Waals surface area contributed by atoms with E-state index in [1.807, 2.05) is 18.2 Å². The lowest BCUT2D eigenvalue weighted by molar-refractivity contribution is -0.143. The zero-order chi connectivity index (χ0) is 14.4. The Morgan fingerprint density at radius 3 is 2.86 bits per heavy atom. The number of carboxylic acids is 1. The van der Waals surface area contributed by atoms with Crippen LogP contribution < -0.4 is 9.47 Å². The highest BCUT2D eigenvalue weighted by Crippen LogP contribution is 2.44. The van der Waals surface area contributed by atoms with E-state index in [4.69, 9.17) is 9.47 Å². The van der Waals surface area contributed by atoms with Crippen molar-refractivity contribution in [3.05, 3.63) is 23.8 Å². The van der Waals surface area contributed by atoms with Gasteiger partial charge in [-0.05, 0) is 37.7 Å². The summed E-state index contributed by atoms with van der Waals surface area (Å²) in [6.45, 7) is 0.880. The maximum atomic E-state index is 11.5. The zero-order valence-corrected chi connectivity index (χ0v) is 11.8. The van der Waals surface area contributed by atoms with Crippen molar-refractivity contribution >= 4 is 5.97 Å². The SMILES string of the molecule is O=C(O)[C@@H]1CC[C@@H](C2CC2)N1Cc1cccc2c1OCO2. The molecule has 5 nitrogen and oxygen atoms in total. The third-order valence-electron chi connectivity index (χ3n) is 4.84. The number of para-hydroxylation sites is 1. The molecule has 1 saturated heterocycles. The number of aliphatic carboxylic acids is 1. The number of nitrogens with zero attached hydrogens (tertiary/aromatic N) is 1. The summed E-state index contributed by atoms with van der Waals surface area (Å²) in [5, 5.41) is 9.48. The first kappa shape index (κ1) is 13.0. The van der Waals surface area contributed by atoms with Crippen LogP contribution in [-0.4, -0.2) is 34.9 Å². The van der Waals surface area contributed by atoms with Crippen molar-refractivity contribution in [1.82, 2.24) is 4.90 Å². The van der Waals surface area contributed by atoms with Crippen molar-refractivity contribution in [2.45, 2.75) is 44.3 Å². The second kappa shape index (κ2) is 4.91. The fourth-order valence-corrected chi connectivity index (χ4v) is 3.68. The molecule has 4 rings (SSSR count). The van der Waals surface area contributed by atoms with Crippen LogP contribution in [0.3, 0.4) is 0 Å². The summed E-state index contributed by atoms with van der Waals surface area (Å²) in [6, 6.07) is 5.89. The second-order valence-electron chi connectivity index (χ2n) is 6.16. The van der Waals surface area contributed by atoms with Crippen LogP contribution in [0.5, 0.6) is 11.5 Å². The largest absolute Gasteiger partial charge is 0.480 e. The molecule has 21 heavy (non-hydrogen) atoms. The Balaban J connectivity index is 1.61. The van der Waals surface area contributed by atoms with Crippen molar-refractivity contribution in [2.24, 2.45) is 5.92 Å². The molecular formula is C16H19NO4. The summed E-state index contributed by atoms with van der Waals surface area (Å²) in [4.78, 5) is 13.7. The van der Waals surface area contributed by atoms with Gasteiger partial charge in [-0.2, -0.15) is 0 Å². The molecular weight excluding hydrogens is 270 g/mol. The predicted octanol–water partition coefficient (Wildman–Crippen LogP) is 2.24. The molecule has 1 N–H and O–H groups in total. The minimum atomic E-state index is -0.706. The molecule has 0 radical (unpaired) electrons. The molecule has 0 aromatic heterocycles. The van der Waals surface area contributed by atoms with E-state index in [0.29, 0.717) is 18.5 Å². The smallest absolute Gasteiger partial charge is 0.320 e. The van der Waals surface area contributed by atoms with Crippen LogP contribution in [-0.2, 0) is 11.3 Å². The number of benzene rings is 1. The normalized spacial score (nSPS) is 28.0. The first-order valence-corrected chi connectivity index (χ1v) is 7.60. The van der Waals surface area contributed by atoms with Crippen LogP contribution in [0.15, 0.2) is 18.2 Å². The Labute approximate surface area is 123 Å². The second-order valence-corrected chi connectivity index (χ2v) is 6.16. The van der Waals surface area contributed by atoms with Crippen molar-refractivity contribution in [3.8, 4) is 11.5 Å². The van der Waals surface area contributed by atoms with Gasteiger partial charge in [0, 0.05) is 18.2 Å². The van der Waals surface area contributed by atoms with E-state index in [1.165, 1.54) is 12.8 Å². The Hall–Kier alpha value is -1.75. The van der Waals surface area contributed by atoms with Gasteiger partial charge in [-0.15, -0.1) is 0 Å². The summed E-state index contributed by atoms with van der Waals surface area (Å²) < 4.78 is 11.0. The Bertz CT molecular complexity index is 569. The van der Waals surface area contributed by atoms with Crippen LogP contribution in [0.1, 0.15) is 31.2 Å². The molecule has 2 atom stereocenters. The lowest BCUT2D eigenvalue weighted by atomic mass is 10.1. The number of hydrogen-bond acceptors (Lipinski definition) is 4. The lowest BCUT2D eigenvalue weighted by Crippen LogP contribution is -2.41. The number of hydrogen-bond donors (Lipinski definition) is 1. The van der Waals surface area contributed by atoms with Gasteiger partial charge in [0.05, 0.1) is 0 Å². The number of rotatable bonds is 4. The average Bonchev–Trinajstić information content (AvgIpc) is 3.03. The van der Waals surface area contributed by atoms with E-state index in [0.717, 1.165) is 29.9 Å². The third-order valence-corrected chi connectivity index (χ3v) is 4.84. The molecule has 2 aliphatic heterocycles. The maximum absolute atomic E-state index is 11.5. The van der Waals surface area contributed by atoms with Gasteiger partial charge in [0.2, 0.25) is 6.79 Å². The summed E-state index contributed by atoms with van der Waals surface area (Å²) in [6.07, 6.45) is 4.22. The molecule has 5 heteroatoms. The summed E-state index contributed by atoms with van der Waals surface area (Å²) in [7, 11) is 0. The molecule has 1 saturated carbocycles. The molecule has 1 aliphatic carbocycles. The number of likely N-dealkylation sites (tertiary alicyclic amines) is 1. The van der Waals surface area contributed by atoms with Gasteiger partial charge in [-0.1, -0.05) is 12.1 Å². The van der Waals surface area contributed by atoms with E-state index in [2.05, 4.69) is 4.90 Å². The first-order valence-electron chi connectivity index (χ1n) is 7.60. The number of carboxylic acid groups (broad SMARTS) is 1. The summed E-state index contributed by atoms with van der Waals surface area (Å²) in [5.41, 5.74) is 1.03. The molecule has 1 aromatic rings. The van der Waals surface area contributed by atoms with Gasteiger partial charge in [0.1, 0.15) is 6.04 Å². The minimum absolute atomic E-state index is 0.251. The predicted molar refractivity (Wildman–Crippen MR) is 75.3 cm³/mol. The van der Waals surface area contributed by atoms with Gasteiger partial charge in [-0.25, -0.2) is 0 Å². The quantitative estimate of drug-likeness (QED) is 0.921. The zero-order valence-electron chi connectivity index (χ0n) is 11.8. The van der Waals surface area contributed by atoms with Gasteiger partial charge in [0.25, 0.3) is 0 Å². The van der Waals surface area contributed by atoms with E-state index >= 15 is 0 Å². The molecule has 0 amide bonds. The highest BCUT2D eigenvalue weighted by molar-refractivity contribution is 5.74. The highest BCUT2D eigenvalue weighted by atomic mass is 16.7. The summed E-state index contributed by atoms with van der Waals surface area (Å²) >= 11 is 0. The molecule has 0 bridgehead atoms. The van der Waals surface area contributed by atoms with Gasteiger partial charge >= 0.3 is 5.97 Å². The van der Waals surface area contributed by atoms with Crippen molar-refractivity contribution in [2.75, 3.05) is 6.79 Å². The molecule has 1 aromatic carbocycles. The molecule has 0 unspecified atom stereocenters. The van der Waals surface area contributed by atoms with Gasteiger partial charge in [-0.3, -0.25) is 9.69 Å². The fourth-order valence-electron chi connectivity index (χ4n) is 3.68. The van der Waals surface area contributed by atoms with Gasteiger partial charge < -0.3 is 14.6 Å². The molecule has 2 fully saturated rings.